The van der Waals surface area contributed by atoms with Crippen molar-refractivity contribution in [2.24, 2.45) is 5.73 Å². The molecule has 1 fully saturated rings. The molecule has 19 heavy (non-hydrogen) atoms. The van der Waals surface area contributed by atoms with E-state index in [-0.39, 0.29) is 6.04 Å². The Morgan fingerprint density at radius 1 is 1.32 bits per heavy atom. The minimum atomic E-state index is -3.36. The van der Waals surface area contributed by atoms with Gasteiger partial charge in [0, 0.05) is 29.6 Å². The van der Waals surface area contributed by atoms with Crippen molar-refractivity contribution < 1.29 is 8.42 Å². The summed E-state index contributed by atoms with van der Waals surface area (Å²) in [5.74, 6) is 0. The predicted molar refractivity (Wildman–Crippen MR) is 78.2 cm³/mol. The molecule has 2 N–H and O–H groups in total. The monoisotopic (exact) mass is 300 g/mol. The molecule has 104 valence electrons. The van der Waals surface area contributed by atoms with Gasteiger partial charge >= 0.3 is 0 Å². The first-order valence-electron chi connectivity index (χ1n) is 6.17. The SMILES string of the molecule is NC1CCN(S(=O)(=O)/C=C/c2cccc(Cl)c2)CC1. The fourth-order valence-electron chi connectivity index (χ4n) is 1.99. The van der Waals surface area contributed by atoms with Crippen LogP contribution in [-0.2, 0) is 10.0 Å². The maximum atomic E-state index is 12.1. The molecule has 1 aliphatic rings. The smallest absolute Gasteiger partial charge is 0.236 e. The highest BCUT2D eigenvalue weighted by Crippen LogP contribution is 2.16. The Balaban J connectivity index is 2.08. The van der Waals surface area contributed by atoms with E-state index in [1.807, 2.05) is 6.07 Å². The van der Waals surface area contributed by atoms with Gasteiger partial charge in [0.25, 0.3) is 0 Å². The lowest BCUT2D eigenvalue weighted by molar-refractivity contribution is 0.323. The summed E-state index contributed by atoms with van der Waals surface area (Å²) in [4.78, 5) is 0. The summed E-state index contributed by atoms with van der Waals surface area (Å²) in [5, 5.41) is 1.82. The number of hydrogen-bond donors (Lipinski definition) is 1. The molecule has 2 rings (SSSR count). The minimum Gasteiger partial charge on any atom is -0.328 e. The lowest BCUT2D eigenvalue weighted by Crippen LogP contribution is -2.41. The van der Waals surface area contributed by atoms with E-state index in [4.69, 9.17) is 17.3 Å². The van der Waals surface area contributed by atoms with Crippen LogP contribution in [0.5, 0.6) is 0 Å². The van der Waals surface area contributed by atoms with Crippen LogP contribution in [0.3, 0.4) is 0 Å². The lowest BCUT2D eigenvalue weighted by atomic mass is 10.1. The van der Waals surface area contributed by atoms with Gasteiger partial charge in [-0.3, -0.25) is 0 Å². The van der Waals surface area contributed by atoms with E-state index >= 15 is 0 Å². The number of piperidine rings is 1. The van der Waals surface area contributed by atoms with Crippen LogP contribution in [0, 0.1) is 0 Å². The quantitative estimate of drug-likeness (QED) is 0.929. The molecule has 0 aliphatic carbocycles. The molecule has 0 amide bonds. The molecule has 0 unspecified atom stereocenters. The van der Waals surface area contributed by atoms with Gasteiger partial charge in [0.05, 0.1) is 0 Å². The van der Waals surface area contributed by atoms with E-state index in [0.717, 1.165) is 5.56 Å². The van der Waals surface area contributed by atoms with Crippen LogP contribution in [0.2, 0.25) is 5.02 Å². The van der Waals surface area contributed by atoms with Crippen molar-refractivity contribution in [3.8, 4) is 0 Å². The van der Waals surface area contributed by atoms with E-state index in [1.165, 1.54) is 9.71 Å². The summed E-state index contributed by atoms with van der Waals surface area (Å²) >= 11 is 5.85. The molecule has 1 heterocycles. The van der Waals surface area contributed by atoms with Crippen LogP contribution in [0.4, 0.5) is 0 Å². The van der Waals surface area contributed by atoms with Gasteiger partial charge in [-0.1, -0.05) is 23.7 Å². The molecule has 0 saturated carbocycles. The Morgan fingerprint density at radius 2 is 2.00 bits per heavy atom. The summed E-state index contributed by atoms with van der Waals surface area (Å²) in [7, 11) is -3.36. The van der Waals surface area contributed by atoms with E-state index < -0.39 is 10.0 Å². The molecule has 1 saturated heterocycles. The van der Waals surface area contributed by atoms with Crippen molar-refractivity contribution in [1.29, 1.82) is 0 Å². The van der Waals surface area contributed by atoms with E-state index in [2.05, 4.69) is 0 Å². The first kappa shape index (κ1) is 14.5. The normalized spacial score (nSPS) is 19.1. The van der Waals surface area contributed by atoms with Crippen LogP contribution >= 0.6 is 11.6 Å². The first-order valence-corrected chi connectivity index (χ1v) is 8.05. The zero-order valence-corrected chi connectivity index (χ0v) is 12.1. The number of sulfonamides is 1. The number of nitrogens with two attached hydrogens (primary N) is 1. The molecular formula is C13H17ClN2O2S. The lowest BCUT2D eigenvalue weighted by Gasteiger charge is -2.28. The predicted octanol–water partition coefficient (Wildman–Crippen LogP) is 2.06. The zero-order chi connectivity index (χ0) is 13.9. The van der Waals surface area contributed by atoms with Crippen LogP contribution < -0.4 is 5.73 Å². The van der Waals surface area contributed by atoms with Crippen LogP contribution in [0.25, 0.3) is 6.08 Å². The third-order valence-corrected chi connectivity index (χ3v) is 4.94. The van der Waals surface area contributed by atoms with Crippen molar-refractivity contribution in [3.05, 3.63) is 40.3 Å². The topological polar surface area (TPSA) is 63.4 Å². The standard InChI is InChI=1S/C13H17ClN2O2S/c14-12-3-1-2-11(10-12)6-9-19(17,18)16-7-4-13(15)5-8-16/h1-3,6,9-10,13H,4-5,7-8,15H2/b9-6+. The Labute approximate surface area is 118 Å². The molecule has 1 aromatic rings. The van der Waals surface area contributed by atoms with Crippen molar-refractivity contribution in [2.75, 3.05) is 13.1 Å². The van der Waals surface area contributed by atoms with Crippen LogP contribution in [0.15, 0.2) is 29.7 Å². The number of halogens is 1. The highest BCUT2D eigenvalue weighted by molar-refractivity contribution is 7.92. The van der Waals surface area contributed by atoms with E-state index in [1.54, 1.807) is 24.3 Å². The maximum Gasteiger partial charge on any atom is 0.236 e. The third kappa shape index (κ3) is 4.04. The van der Waals surface area contributed by atoms with Gasteiger partial charge in [0.2, 0.25) is 10.0 Å². The van der Waals surface area contributed by atoms with Crippen molar-refractivity contribution in [3.63, 3.8) is 0 Å². The molecule has 0 aromatic heterocycles. The average Bonchev–Trinajstić information content (AvgIpc) is 2.37. The Morgan fingerprint density at radius 3 is 2.63 bits per heavy atom. The second kappa shape index (κ2) is 6.05. The average molecular weight is 301 g/mol. The molecule has 0 radical (unpaired) electrons. The summed E-state index contributed by atoms with van der Waals surface area (Å²) in [5.41, 5.74) is 6.54. The molecule has 0 bridgehead atoms. The fraction of sp³-hybridized carbons (Fsp3) is 0.385. The summed E-state index contributed by atoms with van der Waals surface area (Å²) in [6.45, 7) is 0.979. The van der Waals surface area contributed by atoms with Gasteiger partial charge in [-0.25, -0.2) is 8.42 Å². The number of benzene rings is 1. The zero-order valence-electron chi connectivity index (χ0n) is 10.5. The van der Waals surface area contributed by atoms with Crippen molar-refractivity contribution in [2.45, 2.75) is 18.9 Å². The van der Waals surface area contributed by atoms with Crippen molar-refractivity contribution in [1.82, 2.24) is 4.31 Å². The Kier molecular flexibility index (Phi) is 4.62. The van der Waals surface area contributed by atoms with E-state index in [9.17, 15) is 8.42 Å². The van der Waals surface area contributed by atoms with Gasteiger partial charge in [0.15, 0.2) is 0 Å². The second-order valence-corrected chi connectivity index (χ2v) is 6.89. The molecule has 0 spiro atoms. The highest BCUT2D eigenvalue weighted by Gasteiger charge is 2.24. The summed E-state index contributed by atoms with van der Waals surface area (Å²) in [6, 6.07) is 7.18. The van der Waals surface area contributed by atoms with Gasteiger partial charge in [-0.2, -0.15) is 4.31 Å². The number of nitrogens with zero attached hydrogens (tertiary/aromatic N) is 1. The van der Waals surface area contributed by atoms with Crippen LogP contribution in [-0.4, -0.2) is 31.9 Å². The van der Waals surface area contributed by atoms with Gasteiger partial charge in [0.1, 0.15) is 0 Å². The highest BCUT2D eigenvalue weighted by atomic mass is 35.5. The molecule has 1 aromatic carbocycles. The van der Waals surface area contributed by atoms with Crippen LogP contribution in [0.1, 0.15) is 18.4 Å². The molecule has 6 heteroatoms. The molecule has 4 nitrogen and oxygen atoms in total. The largest absolute Gasteiger partial charge is 0.328 e. The van der Waals surface area contributed by atoms with Gasteiger partial charge in [-0.05, 0) is 36.6 Å². The van der Waals surface area contributed by atoms with Gasteiger partial charge < -0.3 is 5.73 Å². The fourth-order valence-corrected chi connectivity index (χ4v) is 3.41. The molecule has 1 aliphatic heterocycles. The number of rotatable bonds is 3. The molecular weight excluding hydrogens is 284 g/mol. The van der Waals surface area contributed by atoms with Gasteiger partial charge in [-0.15, -0.1) is 0 Å². The minimum absolute atomic E-state index is 0.114. The molecule has 0 atom stereocenters. The summed E-state index contributed by atoms with van der Waals surface area (Å²) in [6.07, 6.45) is 2.99. The number of hydrogen-bond acceptors (Lipinski definition) is 3. The maximum absolute atomic E-state index is 12.1. The Hall–Kier alpha value is -0.880. The van der Waals surface area contributed by atoms with E-state index in [0.29, 0.717) is 31.0 Å². The third-order valence-electron chi connectivity index (χ3n) is 3.14. The van der Waals surface area contributed by atoms with Crippen molar-refractivity contribution >= 4 is 27.7 Å². The second-order valence-electron chi connectivity index (χ2n) is 4.64. The first-order chi connectivity index (χ1) is 8.97. The summed E-state index contributed by atoms with van der Waals surface area (Å²) < 4.78 is 25.7. The Bertz CT molecular complexity index is 564.